The fourth-order valence-electron chi connectivity index (χ4n) is 5.22. The topological polar surface area (TPSA) is 91.7 Å². The van der Waals surface area contributed by atoms with Crippen molar-refractivity contribution in [1.82, 2.24) is 19.9 Å². The number of anilines is 1. The zero-order chi connectivity index (χ0) is 30.1. The minimum atomic E-state index is -0.233. The number of carbonyl (C=O) groups is 1. The first-order valence-electron chi connectivity index (χ1n) is 14.8. The summed E-state index contributed by atoms with van der Waals surface area (Å²) in [7, 11) is 0. The molecule has 1 amide bonds. The molecule has 224 valence electrons. The molecule has 2 aromatic heterocycles. The summed E-state index contributed by atoms with van der Waals surface area (Å²) in [4.78, 5) is 28.9. The molecule has 0 spiro atoms. The first-order valence-corrected chi connectivity index (χ1v) is 14.8. The monoisotopic (exact) mass is 575 g/mol. The van der Waals surface area contributed by atoms with Crippen molar-refractivity contribution in [3.05, 3.63) is 90.2 Å². The van der Waals surface area contributed by atoms with Gasteiger partial charge in [-0.2, -0.15) is 0 Å². The molecular formula is C33H42FN5O3. The Hall–Kier alpha value is -3.85. The second-order valence-electron chi connectivity index (χ2n) is 10.9. The molecule has 3 aromatic rings. The Kier molecular flexibility index (Phi) is 11.0. The number of likely N-dealkylation sites (tertiary alicyclic amines) is 1. The van der Waals surface area contributed by atoms with Crippen LogP contribution < -0.4 is 9.64 Å². The maximum atomic E-state index is 13.0. The van der Waals surface area contributed by atoms with Crippen molar-refractivity contribution in [2.45, 2.75) is 71.5 Å². The van der Waals surface area contributed by atoms with Crippen molar-refractivity contribution in [3.63, 3.8) is 0 Å². The smallest absolute Gasteiger partial charge is 0.225 e. The predicted octanol–water partition coefficient (Wildman–Crippen LogP) is 5.49. The summed E-state index contributed by atoms with van der Waals surface area (Å²) in [6, 6.07) is 10.3. The van der Waals surface area contributed by atoms with E-state index < -0.39 is 0 Å². The Morgan fingerprint density at radius 2 is 1.67 bits per heavy atom. The van der Waals surface area contributed by atoms with Gasteiger partial charge in [0.25, 0.3) is 0 Å². The van der Waals surface area contributed by atoms with Crippen LogP contribution in [0.4, 0.5) is 10.1 Å². The zero-order valence-corrected chi connectivity index (χ0v) is 24.9. The third kappa shape index (κ3) is 8.35. The van der Waals surface area contributed by atoms with Crippen molar-refractivity contribution in [2.75, 3.05) is 24.5 Å². The Balaban J connectivity index is 0.000000244. The molecule has 8 nitrogen and oxygen atoms in total. The molecule has 5 rings (SSSR count). The van der Waals surface area contributed by atoms with E-state index in [-0.39, 0.29) is 29.9 Å². The molecular weight excluding hydrogens is 533 g/mol. The van der Waals surface area contributed by atoms with Crippen LogP contribution in [0.25, 0.3) is 0 Å². The summed E-state index contributed by atoms with van der Waals surface area (Å²) in [6.07, 6.45) is 9.86. The van der Waals surface area contributed by atoms with Gasteiger partial charge >= 0.3 is 0 Å². The Labute approximate surface area is 248 Å². The van der Waals surface area contributed by atoms with E-state index in [0.29, 0.717) is 12.2 Å². The van der Waals surface area contributed by atoms with Crippen molar-refractivity contribution in [3.8, 4) is 5.75 Å². The number of aliphatic hydroxyl groups is 1. The Bertz CT molecular complexity index is 1290. The largest absolute Gasteiger partial charge is 0.483 e. The van der Waals surface area contributed by atoms with Crippen LogP contribution in [-0.4, -0.2) is 62.7 Å². The number of nitrogens with zero attached hydrogens (tertiary/aromatic N) is 5. The lowest BCUT2D eigenvalue weighted by Gasteiger charge is -2.32. The molecule has 1 N–H and O–H groups in total. The number of hydrogen-bond donors (Lipinski definition) is 1. The number of pyridine rings is 1. The van der Waals surface area contributed by atoms with Crippen LogP contribution in [-0.2, 0) is 11.2 Å². The molecule has 42 heavy (non-hydrogen) atoms. The fourth-order valence-corrected chi connectivity index (χ4v) is 5.22. The molecule has 0 bridgehead atoms. The number of aromatic nitrogens is 3. The maximum Gasteiger partial charge on any atom is 0.225 e. The van der Waals surface area contributed by atoms with Crippen LogP contribution in [0.1, 0.15) is 63.0 Å². The third-order valence-corrected chi connectivity index (χ3v) is 7.90. The minimum absolute atomic E-state index is 0.106. The quantitative estimate of drug-likeness (QED) is 0.380. The van der Waals surface area contributed by atoms with Crippen LogP contribution >= 0.6 is 0 Å². The van der Waals surface area contributed by atoms with Gasteiger partial charge in [0.15, 0.2) is 0 Å². The van der Waals surface area contributed by atoms with Gasteiger partial charge in [0, 0.05) is 44.1 Å². The third-order valence-electron chi connectivity index (χ3n) is 7.90. The Morgan fingerprint density at radius 1 is 1.00 bits per heavy atom. The highest BCUT2D eigenvalue weighted by Crippen LogP contribution is 2.29. The summed E-state index contributed by atoms with van der Waals surface area (Å²) in [5.41, 5.74) is 3.74. The van der Waals surface area contributed by atoms with E-state index in [1.165, 1.54) is 12.1 Å². The van der Waals surface area contributed by atoms with Gasteiger partial charge in [-0.05, 0) is 62.4 Å². The summed E-state index contributed by atoms with van der Waals surface area (Å²) in [5, 5.41) is 9.32. The lowest BCUT2D eigenvalue weighted by atomic mass is 9.99. The molecule has 1 atom stereocenters. The number of piperidine rings is 1. The maximum absolute atomic E-state index is 13.0. The second-order valence-corrected chi connectivity index (χ2v) is 10.9. The number of halogens is 1. The second kappa shape index (κ2) is 14.9. The number of rotatable bonds is 8. The predicted molar refractivity (Wildman–Crippen MR) is 162 cm³/mol. The lowest BCUT2D eigenvalue weighted by Crippen LogP contribution is -2.42. The van der Waals surface area contributed by atoms with E-state index in [2.05, 4.69) is 40.3 Å². The molecule has 0 aliphatic carbocycles. The molecule has 1 aromatic carbocycles. The van der Waals surface area contributed by atoms with E-state index in [9.17, 15) is 14.3 Å². The molecule has 2 saturated heterocycles. The van der Waals surface area contributed by atoms with Crippen LogP contribution in [0.15, 0.2) is 67.3 Å². The summed E-state index contributed by atoms with van der Waals surface area (Å²) >= 11 is 0. The average Bonchev–Trinajstić information content (AvgIpc) is 3.36. The normalized spacial score (nSPS) is 17.3. The number of amides is 1. The lowest BCUT2D eigenvalue weighted by molar-refractivity contribution is -0.137. The average molecular weight is 576 g/mol. The number of benzene rings is 1. The van der Waals surface area contributed by atoms with Crippen LogP contribution in [0.3, 0.4) is 0 Å². The van der Waals surface area contributed by atoms with Crippen molar-refractivity contribution in [1.29, 1.82) is 0 Å². The zero-order valence-electron chi connectivity index (χ0n) is 24.9. The first kappa shape index (κ1) is 31.1. The van der Waals surface area contributed by atoms with Gasteiger partial charge < -0.3 is 19.6 Å². The number of aryl methyl sites for hydroxylation is 1. The highest BCUT2D eigenvalue weighted by molar-refractivity contribution is 5.78. The van der Waals surface area contributed by atoms with Crippen LogP contribution in [0.5, 0.6) is 5.75 Å². The molecule has 4 heterocycles. The first-order chi connectivity index (χ1) is 20.3. The van der Waals surface area contributed by atoms with E-state index in [0.717, 1.165) is 80.2 Å². The van der Waals surface area contributed by atoms with E-state index in [4.69, 9.17) is 4.74 Å². The molecule has 0 radical (unpaired) electrons. The van der Waals surface area contributed by atoms with E-state index in [1.807, 2.05) is 36.4 Å². The highest BCUT2D eigenvalue weighted by atomic mass is 19.1. The summed E-state index contributed by atoms with van der Waals surface area (Å²) in [5.74, 6) is 1.68. The fraction of sp³-hybridized carbons (Fsp3) is 0.455. The van der Waals surface area contributed by atoms with Crippen molar-refractivity contribution in [2.24, 2.45) is 5.92 Å². The van der Waals surface area contributed by atoms with E-state index in [1.54, 1.807) is 18.3 Å². The number of hydrogen-bond acceptors (Lipinski definition) is 7. The molecule has 0 unspecified atom stereocenters. The molecule has 2 fully saturated rings. The van der Waals surface area contributed by atoms with Crippen molar-refractivity contribution < 1.29 is 19.0 Å². The standard InChI is InChI=1S/C22H21FN4O.C11H21NO2/c1-15-22(9-10-27(15)20-12-24-16(2)25-13-20)28-21-8-7-19(26-14-21)11-17-3-5-18(23)6-4-17;1-3-9(4-2)11(14)12-7-5-10(13)6-8-12/h3-8,12-14,22H,1,9-11H2,2H3;9-10,13H,3-8H2,1-2H3/t22-;/m1./s1. The van der Waals surface area contributed by atoms with Gasteiger partial charge in [0.05, 0.1) is 36.1 Å². The number of carbonyl (C=O) groups excluding carboxylic acids is 1. The van der Waals surface area contributed by atoms with Gasteiger partial charge in [0.2, 0.25) is 5.91 Å². The molecule has 2 aliphatic heterocycles. The van der Waals surface area contributed by atoms with Gasteiger partial charge in [-0.15, -0.1) is 0 Å². The number of aliphatic hydroxyl groups excluding tert-OH is 1. The minimum Gasteiger partial charge on any atom is -0.483 e. The van der Waals surface area contributed by atoms with Gasteiger partial charge in [-0.25, -0.2) is 14.4 Å². The van der Waals surface area contributed by atoms with Crippen LogP contribution in [0.2, 0.25) is 0 Å². The van der Waals surface area contributed by atoms with Gasteiger partial charge in [-0.1, -0.05) is 32.6 Å². The molecule has 2 aliphatic rings. The molecule has 0 saturated carbocycles. The van der Waals surface area contributed by atoms with Crippen LogP contribution in [0, 0.1) is 18.7 Å². The summed E-state index contributed by atoms with van der Waals surface area (Å²) < 4.78 is 19.1. The summed E-state index contributed by atoms with van der Waals surface area (Å²) in [6.45, 7) is 12.4. The van der Waals surface area contributed by atoms with E-state index >= 15 is 0 Å². The highest BCUT2D eigenvalue weighted by Gasteiger charge is 2.29. The van der Waals surface area contributed by atoms with Gasteiger partial charge in [0.1, 0.15) is 23.5 Å². The van der Waals surface area contributed by atoms with Crippen molar-refractivity contribution >= 4 is 11.6 Å². The number of ether oxygens (including phenoxy) is 1. The van der Waals surface area contributed by atoms with Gasteiger partial charge in [-0.3, -0.25) is 9.78 Å². The molecule has 9 heteroatoms. The Morgan fingerprint density at radius 3 is 2.26 bits per heavy atom. The SMILES string of the molecule is C=C1[C@H](Oc2ccc(Cc3ccc(F)cc3)nc2)CCN1c1cnc(C)nc1.CCC(CC)C(=O)N1CCC(O)CC1.